The molecular formula is C25H21N3O4. The quantitative estimate of drug-likeness (QED) is 0.687. The molecule has 0 N–H and O–H groups in total. The van der Waals surface area contributed by atoms with Crippen LogP contribution in [0.1, 0.15) is 45.9 Å². The molecule has 0 aliphatic carbocycles. The third-order valence-corrected chi connectivity index (χ3v) is 6.16. The molecule has 2 aliphatic rings. The molecule has 0 saturated carbocycles. The Bertz CT molecular complexity index is 1160. The van der Waals surface area contributed by atoms with Gasteiger partial charge >= 0.3 is 11.9 Å². The average molecular weight is 427 g/mol. The molecule has 4 rings (SSSR count). The summed E-state index contributed by atoms with van der Waals surface area (Å²) in [4.78, 5) is 26.8. The van der Waals surface area contributed by atoms with Crippen molar-refractivity contribution < 1.29 is 19.1 Å². The van der Waals surface area contributed by atoms with Crippen molar-refractivity contribution in [3.8, 4) is 12.1 Å². The average Bonchev–Trinajstić information content (AvgIpc) is 3.15. The molecule has 160 valence electrons. The van der Waals surface area contributed by atoms with Crippen molar-refractivity contribution in [2.75, 3.05) is 13.7 Å². The summed E-state index contributed by atoms with van der Waals surface area (Å²) in [6.45, 7) is 1.89. The molecule has 3 atom stereocenters. The largest absolute Gasteiger partial charge is 0.465 e. The third-order valence-electron chi connectivity index (χ3n) is 6.16. The lowest BCUT2D eigenvalue weighted by Crippen LogP contribution is -2.38. The van der Waals surface area contributed by atoms with Gasteiger partial charge in [-0.25, -0.2) is 9.59 Å². The highest BCUT2D eigenvalue weighted by Crippen LogP contribution is 2.59. The second-order valence-electron chi connectivity index (χ2n) is 7.68. The minimum atomic E-state index is -1.56. The number of nitriles is 2. The standard InChI is InChI=1S/C25H21N3O4/c1-3-32-24(30)21-20(17-8-10-18(11-9-17)23(29)31-2)25(14-26,15-27)22-19-7-5-4-6-16(19)12-13-28(21)22/h4-13,20-22H,3H2,1-2H3/t20-,21+,22-/m0/s1. The van der Waals surface area contributed by atoms with E-state index in [1.54, 1.807) is 42.3 Å². The molecule has 0 unspecified atom stereocenters. The van der Waals surface area contributed by atoms with Crippen LogP contribution in [0.5, 0.6) is 0 Å². The van der Waals surface area contributed by atoms with E-state index in [-0.39, 0.29) is 6.61 Å². The van der Waals surface area contributed by atoms with Crippen molar-refractivity contribution in [1.82, 2.24) is 4.90 Å². The first-order valence-corrected chi connectivity index (χ1v) is 10.2. The lowest BCUT2D eigenvalue weighted by atomic mass is 9.68. The van der Waals surface area contributed by atoms with E-state index in [1.807, 2.05) is 30.3 Å². The smallest absolute Gasteiger partial charge is 0.337 e. The van der Waals surface area contributed by atoms with Crippen LogP contribution in [0.25, 0.3) is 6.08 Å². The Kier molecular flexibility index (Phi) is 5.42. The minimum Gasteiger partial charge on any atom is -0.465 e. The molecule has 2 aromatic carbocycles. The van der Waals surface area contributed by atoms with E-state index in [0.29, 0.717) is 11.1 Å². The highest BCUT2D eigenvalue weighted by atomic mass is 16.5. The highest BCUT2D eigenvalue weighted by Gasteiger charge is 2.64. The van der Waals surface area contributed by atoms with Crippen molar-refractivity contribution in [2.24, 2.45) is 5.41 Å². The SMILES string of the molecule is CCOC(=O)[C@H]1[C@H](c2ccc(C(=O)OC)cc2)C(C#N)(C#N)[C@@H]2c3ccccc3C=CN21. The van der Waals surface area contributed by atoms with Gasteiger partial charge in [0.2, 0.25) is 0 Å². The summed E-state index contributed by atoms with van der Waals surface area (Å²) in [5, 5.41) is 20.7. The highest BCUT2D eigenvalue weighted by molar-refractivity contribution is 5.89. The van der Waals surface area contributed by atoms with Crippen LogP contribution in [0.2, 0.25) is 0 Å². The summed E-state index contributed by atoms with van der Waals surface area (Å²) in [5.41, 5.74) is 1.07. The van der Waals surface area contributed by atoms with E-state index in [4.69, 9.17) is 9.47 Å². The first-order chi connectivity index (χ1) is 15.5. The number of carbonyl (C=O) groups is 2. The van der Waals surface area contributed by atoms with Crippen molar-refractivity contribution in [3.05, 3.63) is 77.0 Å². The molecule has 0 aromatic heterocycles. The van der Waals surface area contributed by atoms with Crippen LogP contribution in [0.15, 0.2) is 54.7 Å². The molecule has 2 aliphatic heterocycles. The van der Waals surface area contributed by atoms with Gasteiger partial charge in [-0.3, -0.25) is 0 Å². The van der Waals surface area contributed by atoms with Gasteiger partial charge in [0, 0.05) is 12.1 Å². The van der Waals surface area contributed by atoms with E-state index >= 15 is 0 Å². The molecule has 2 aromatic rings. The van der Waals surface area contributed by atoms with Gasteiger partial charge in [-0.2, -0.15) is 10.5 Å². The predicted molar refractivity (Wildman–Crippen MR) is 115 cm³/mol. The Morgan fingerprint density at radius 2 is 1.78 bits per heavy atom. The zero-order valence-electron chi connectivity index (χ0n) is 17.7. The molecule has 0 radical (unpaired) electrons. The maximum atomic E-state index is 13.1. The van der Waals surface area contributed by atoms with E-state index in [0.717, 1.165) is 11.1 Å². The van der Waals surface area contributed by atoms with Gasteiger partial charge in [0.25, 0.3) is 0 Å². The monoisotopic (exact) mass is 427 g/mol. The van der Waals surface area contributed by atoms with Crippen molar-refractivity contribution in [1.29, 1.82) is 10.5 Å². The molecular weight excluding hydrogens is 406 g/mol. The Balaban J connectivity index is 1.93. The Hall–Kier alpha value is -4.10. The Labute approximate surface area is 186 Å². The van der Waals surface area contributed by atoms with Crippen LogP contribution in [0.4, 0.5) is 0 Å². The fraction of sp³-hybridized carbons (Fsp3) is 0.280. The van der Waals surface area contributed by atoms with Gasteiger partial charge in [-0.15, -0.1) is 0 Å². The predicted octanol–water partition coefficient (Wildman–Crippen LogP) is 3.56. The number of nitrogens with zero attached hydrogens (tertiary/aromatic N) is 3. The Morgan fingerprint density at radius 3 is 2.41 bits per heavy atom. The molecule has 1 saturated heterocycles. The molecule has 0 spiro atoms. The number of rotatable bonds is 4. The zero-order chi connectivity index (χ0) is 22.9. The van der Waals surface area contributed by atoms with Gasteiger partial charge < -0.3 is 14.4 Å². The molecule has 0 amide bonds. The number of ether oxygens (including phenoxy) is 2. The molecule has 1 fully saturated rings. The number of methoxy groups -OCH3 is 1. The van der Waals surface area contributed by atoms with Crippen LogP contribution >= 0.6 is 0 Å². The van der Waals surface area contributed by atoms with Crippen LogP contribution in [-0.4, -0.2) is 36.6 Å². The third kappa shape index (κ3) is 3.02. The maximum absolute atomic E-state index is 13.1. The van der Waals surface area contributed by atoms with Gasteiger partial charge in [0.05, 0.1) is 37.5 Å². The number of hydrogen-bond donors (Lipinski definition) is 0. The molecule has 7 heteroatoms. The first kappa shape index (κ1) is 21.1. The first-order valence-electron chi connectivity index (χ1n) is 10.2. The molecule has 32 heavy (non-hydrogen) atoms. The molecule has 2 heterocycles. The second kappa shape index (κ2) is 8.20. The van der Waals surface area contributed by atoms with Gasteiger partial charge in [0.15, 0.2) is 5.41 Å². The van der Waals surface area contributed by atoms with E-state index in [2.05, 4.69) is 12.1 Å². The number of carbonyl (C=O) groups excluding carboxylic acids is 2. The number of hydrogen-bond acceptors (Lipinski definition) is 7. The fourth-order valence-electron chi connectivity index (χ4n) is 4.81. The fourth-order valence-corrected chi connectivity index (χ4v) is 4.81. The summed E-state index contributed by atoms with van der Waals surface area (Å²) < 4.78 is 10.1. The van der Waals surface area contributed by atoms with Crippen LogP contribution in [0.3, 0.4) is 0 Å². The summed E-state index contributed by atoms with van der Waals surface area (Å²) in [6.07, 6.45) is 3.64. The van der Waals surface area contributed by atoms with Crippen molar-refractivity contribution >= 4 is 18.0 Å². The zero-order valence-corrected chi connectivity index (χ0v) is 17.7. The molecule has 7 nitrogen and oxygen atoms in total. The second-order valence-corrected chi connectivity index (χ2v) is 7.68. The maximum Gasteiger partial charge on any atom is 0.337 e. The van der Waals surface area contributed by atoms with Gasteiger partial charge in [0.1, 0.15) is 6.04 Å². The van der Waals surface area contributed by atoms with E-state index < -0.39 is 35.4 Å². The van der Waals surface area contributed by atoms with E-state index in [9.17, 15) is 20.1 Å². The lowest BCUT2D eigenvalue weighted by Gasteiger charge is -2.34. The Morgan fingerprint density at radius 1 is 1.09 bits per heavy atom. The van der Waals surface area contributed by atoms with Gasteiger partial charge in [-0.05, 0) is 41.8 Å². The van der Waals surface area contributed by atoms with Crippen molar-refractivity contribution in [3.63, 3.8) is 0 Å². The summed E-state index contributed by atoms with van der Waals surface area (Å²) in [5.74, 6) is -1.80. The number of benzene rings is 2. The van der Waals surface area contributed by atoms with Crippen LogP contribution < -0.4 is 0 Å². The normalized spacial score (nSPS) is 22.1. The van der Waals surface area contributed by atoms with E-state index in [1.165, 1.54) is 7.11 Å². The molecule has 0 bridgehead atoms. The van der Waals surface area contributed by atoms with Gasteiger partial charge in [-0.1, -0.05) is 36.4 Å². The lowest BCUT2D eigenvalue weighted by molar-refractivity contribution is -0.148. The number of fused-ring (bicyclic) bond motifs is 3. The number of esters is 2. The van der Waals surface area contributed by atoms with Crippen LogP contribution in [-0.2, 0) is 14.3 Å². The van der Waals surface area contributed by atoms with Crippen molar-refractivity contribution in [2.45, 2.75) is 24.9 Å². The summed E-state index contributed by atoms with van der Waals surface area (Å²) in [6, 6.07) is 17.0. The topological polar surface area (TPSA) is 103 Å². The minimum absolute atomic E-state index is 0.175. The summed E-state index contributed by atoms with van der Waals surface area (Å²) >= 11 is 0. The summed E-state index contributed by atoms with van der Waals surface area (Å²) in [7, 11) is 1.29. The van der Waals surface area contributed by atoms with Crippen LogP contribution in [0, 0.1) is 28.1 Å².